The van der Waals surface area contributed by atoms with Gasteiger partial charge in [-0.2, -0.15) is 4.57 Å². The number of thiocarbonyl (C=S) groups is 1. The number of aromatic nitrogens is 2. The zero-order valence-corrected chi connectivity index (χ0v) is 18.2. The van der Waals surface area contributed by atoms with Gasteiger partial charge in [0.1, 0.15) is 4.32 Å². The van der Waals surface area contributed by atoms with Crippen LogP contribution in [0, 0.1) is 0 Å². The Morgan fingerprint density at radius 3 is 2.59 bits per heavy atom. The maximum atomic E-state index is 13.1. The largest absolute Gasteiger partial charge is 0.447 e. The third kappa shape index (κ3) is 3.72. The van der Waals surface area contributed by atoms with Crippen LogP contribution in [-0.4, -0.2) is 29.8 Å². The Morgan fingerprint density at radius 1 is 1.26 bits per heavy atom. The lowest BCUT2D eigenvalue weighted by molar-refractivity contribution is 0.0897. The van der Waals surface area contributed by atoms with E-state index in [1.54, 1.807) is 6.07 Å². The molecule has 1 atom stereocenters. The predicted octanol–water partition coefficient (Wildman–Crippen LogP) is 4.31. The average molecular weight is 448 g/mol. The molecule has 2 aromatic rings. The van der Waals surface area contributed by atoms with E-state index in [1.165, 1.54) is 23.9 Å². The third-order valence-corrected chi connectivity index (χ3v) is 6.75. The van der Waals surface area contributed by atoms with Gasteiger partial charge in [0.25, 0.3) is 0 Å². The Morgan fingerprint density at radius 2 is 1.96 bits per heavy atom. The maximum absolute atomic E-state index is 13.1. The SMILES string of the molecule is CCCCN1C(=S)SC(C)(C)[C@@H]1n1oc(=O)n(-c2ccc(Cl)c(Cl)c2)c1=O. The summed E-state index contributed by atoms with van der Waals surface area (Å²) in [5.74, 6) is -0.785. The smallest absolute Gasteiger partial charge is 0.333 e. The Hall–Kier alpha value is -1.22. The van der Waals surface area contributed by atoms with E-state index in [9.17, 15) is 9.59 Å². The molecule has 3 rings (SSSR count). The molecule has 27 heavy (non-hydrogen) atoms. The first-order valence-electron chi connectivity index (χ1n) is 8.47. The van der Waals surface area contributed by atoms with Gasteiger partial charge in [0.2, 0.25) is 0 Å². The molecule has 1 aromatic carbocycles. The van der Waals surface area contributed by atoms with Crippen molar-refractivity contribution in [3.63, 3.8) is 0 Å². The summed E-state index contributed by atoms with van der Waals surface area (Å²) in [6.07, 6.45) is 1.41. The van der Waals surface area contributed by atoms with Crippen LogP contribution in [0.15, 0.2) is 32.3 Å². The van der Waals surface area contributed by atoms with Crippen molar-refractivity contribution in [3.8, 4) is 5.69 Å². The van der Waals surface area contributed by atoms with Crippen LogP contribution in [0.3, 0.4) is 0 Å². The van der Waals surface area contributed by atoms with Crippen LogP contribution in [0.25, 0.3) is 5.69 Å². The van der Waals surface area contributed by atoms with E-state index in [0.29, 0.717) is 21.6 Å². The van der Waals surface area contributed by atoms with Gasteiger partial charge in [-0.1, -0.05) is 60.5 Å². The summed E-state index contributed by atoms with van der Waals surface area (Å²) < 4.78 is 7.69. The zero-order valence-electron chi connectivity index (χ0n) is 15.1. The van der Waals surface area contributed by atoms with E-state index in [0.717, 1.165) is 22.1 Å². The number of hydrogen-bond acceptors (Lipinski definition) is 5. The highest BCUT2D eigenvalue weighted by Crippen LogP contribution is 2.46. The predicted molar refractivity (Wildman–Crippen MR) is 114 cm³/mol. The van der Waals surface area contributed by atoms with Crippen LogP contribution in [-0.2, 0) is 0 Å². The molecule has 0 aliphatic carbocycles. The molecule has 10 heteroatoms. The van der Waals surface area contributed by atoms with Gasteiger partial charge >= 0.3 is 11.4 Å². The summed E-state index contributed by atoms with van der Waals surface area (Å²) in [7, 11) is 0. The van der Waals surface area contributed by atoms with Crippen molar-refractivity contribution in [1.82, 2.24) is 14.2 Å². The summed E-state index contributed by atoms with van der Waals surface area (Å²) in [4.78, 5) is 27.5. The second-order valence-electron chi connectivity index (χ2n) is 6.79. The first-order chi connectivity index (χ1) is 12.7. The monoisotopic (exact) mass is 447 g/mol. The summed E-state index contributed by atoms with van der Waals surface area (Å²) in [6, 6.07) is 4.53. The molecule has 6 nitrogen and oxygen atoms in total. The van der Waals surface area contributed by atoms with Gasteiger partial charge in [0.05, 0.1) is 20.5 Å². The van der Waals surface area contributed by atoms with Gasteiger partial charge < -0.3 is 9.42 Å². The molecule has 1 fully saturated rings. The molecule has 1 aliphatic rings. The fourth-order valence-electron chi connectivity index (χ4n) is 3.10. The highest BCUT2D eigenvalue weighted by Gasteiger charge is 2.47. The van der Waals surface area contributed by atoms with E-state index in [2.05, 4.69) is 6.92 Å². The molecule has 0 spiro atoms. The minimum absolute atomic E-state index is 0.246. The van der Waals surface area contributed by atoms with Crippen molar-refractivity contribution in [1.29, 1.82) is 0 Å². The molecule has 1 saturated heterocycles. The second-order valence-corrected chi connectivity index (χ2v) is 9.89. The zero-order chi connectivity index (χ0) is 19.9. The van der Waals surface area contributed by atoms with Crippen molar-refractivity contribution in [3.05, 3.63) is 49.3 Å². The lowest BCUT2D eigenvalue weighted by Crippen LogP contribution is -2.42. The molecule has 2 heterocycles. The first-order valence-corrected chi connectivity index (χ1v) is 10.5. The molecular weight excluding hydrogens is 429 g/mol. The van der Waals surface area contributed by atoms with Gasteiger partial charge in [0, 0.05) is 6.54 Å². The van der Waals surface area contributed by atoms with E-state index < -0.39 is 22.4 Å². The van der Waals surface area contributed by atoms with E-state index in [4.69, 9.17) is 39.9 Å². The van der Waals surface area contributed by atoms with Crippen molar-refractivity contribution in [2.75, 3.05) is 6.54 Å². The highest BCUT2D eigenvalue weighted by molar-refractivity contribution is 8.24. The highest BCUT2D eigenvalue weighted by atomic mass is 35.5. The fourth-order valence-corrected chi connectivity index (χ4v) is 5.31. The van der Waals surface area contributed by atoms with Crippen LogP contribution in [0.2, 0.25) is 10.0 Å². The van der Waals surface area contributed by atoms with Crippen LogP contribution >= 0.6 is 47.2 Å². The summed E-state index contributed by atoms with van der Waals surface area (Å²) >= 11 is 19.0. The fraction of sp³-hybridized carbons (Fsp3) is 0.471. The number of thioether (sulfide) groups is 1. The molecule has 0 amide bonds. The van der Waals surface area contributed by atoms with Crippen LogP contribution in [0.5, 0.6) is 0 Å². The molecule has 0 saturated carbocycles. The number of rotatable bonds is 5. The van der Waals surface area contributed by atoms with Crippen molar-refractivity contribution >= 4 is 51.5 Å². The quantitative estimate of drug-likeness (QED) is 0.636. The number of unbranched alkanes of at least 4 members (excludes halogenated alkanes) is 1. The standard InChI is InChI=1S/C17H19Cl2N3O3S2/c1-4-5-8-20-13(17(2,3)27-16(20)26)22-14(23)21(15(24)25-22)10-6-7-11(18)12(19)9-10/h6-7,9,13H,4-5,8H2,1-3H3/t13-/m0/s1. The Kier molecular flexibility index (Phi) is 5.82. The number of halogens is 2. The Labute approximate surface area is 176 Å². The van der Waals surface area contributed by atoms with Gasteiger partial charge in [-0.25, -0.2) is 9.59 Å². The normalized spacial score (nSPS) is 19.1. The molecule has 0 bridgehead atoms. The molecule has 0 unspecified atom stereocenters. The Bertz CT molecular complexity index is 996. The number of nitrogens with zero attached hydrogens (tertiary/aromatic N) is 3. The average Bonchev–Trinajstić information content (AvgIpc) is 2.99. The maximum Gasteiger partial charge on any atom is 0.447 e. The first kappa shape index (κ1) is 20.5. The molecule has 0 N–H and O–H groups in total. The second kappa shape index (κ2) is 7.66. The third-order valence-electron chi connectivity index (χ3n) is 4.38. The number of hydrogen-bond donors (Lipinski definition) is 0. The molecule has 0 radical (unpaired) electrons. The van der Waals surface area contributed by atoms with E-state index in [1.807, 2.05) is 18.7 Å². The van der Waals surface area contributed by atoms with E-state index >= 15 is 0 Å². The van der Waals surface area contributed by atoms with Gasteiger partial charge in [-0.3, -0.25) is 0 Å². The molecule has 1 aromatic heterocycles. The molecular formula is C17H19Cl2N3O3S2. The molecule has 146 valence electrons. The van der Waals surface area contributed by atoms with E-state index in [-0.39, 0.29) is 5.02 Å². The summed E-state index contributed by atoms with van der Waals surface area (Å²) in [5.41, 5.74) is -0.281. The van der Waals surface area contributed by atoms with Crippen LogP contribution in [0.1, 0.15) is 39.8 Å². The minimum atomic E-state index is -0.785. The Balaban J connectivity index is 2.12. The van der Waals surface area contributed by atoms with Gasteiger partial charge in [0.15, 0.2) is 6.17 Å². The van der Waals surface area contributed by atoms with Crippen molar-refractivity contribution in [2.45, 2.75) is 44.5 Å². The van der Waals surface area contributed by atoms with Gasteiger partial charge in [-0.15, -0.1) is 4.74 Å². The van der Waals surface area contributed by atoms with Crippen LogP contribution in [0.4, 0.5) is 0 Å². The lowest BCUT2D eigenvalue weighted by atomic mass is 10.1. The lowest BCUT2D eigenvalue weighted by Gasteiger charge is -2.30. The van der Waals surface area contributed by atoms with Crippen LogP contribution < -0.4 is 11.4 Å². The van der Waals surface area contributed by atoms with Gasteiger partial charge in [-0.05, 0) is 38.5 Å². The van der Waals surface area contributed by atoms with Crippen molar-refractivity contribution < 1.29 is 4.52 Å². The topological polar surface area (TPSA) is 60.4 Å². The molecule has 1 aliphatic heterocycles. The van der Waals surface area contributed by atoms with Crippen molar-refractivity contribution in [2.24, 2.45) is 0 Å². The summed E-state index contributed by atoms with van der Waals surface area (Å²) in [5, 5.41) is 0.581. The number of benzene rings is 1. The minimum Gasteiger partial charge on any atom is -0.333 e. The summed E-state index contributed by atoms with van der Waals surface area (Å²) in [6.45, 7) is 6.72.